The number of rotatable bonds is 3. The smallest absolute Gasteiger partial charge is 0.00199 e. The second-order valence-electron chi connectivity index (χ2n) is 11.7. The molecule has 0 aromatic heterocycles. The molecule has 0 atom stereocenters. The molecule has 0 N–H and O–H groups in total. The Morgan fingerprint density at radius 3 is 1.41 bits per heavy atom. The Labute approximate surface area is 256 Å². The maximum atomic E-state index is 2.40. The topological polar surface area (TPSA) is 0 Å². The molecule has 9 rings (SSSR count). The number of benzene rings is 9. The molecule has 0 fully saturated rings. The predicted octanol–water partition coefficient (Wildman–Crippen LogP) is 12.5. The summed E-state index contributed by atoms with van der Waals surface area (Å²) >= 11 is 0. The van der Waals surface area contributed by atoms with Crippen molar-refractivity contribution in [2.45, 2.75) is 0 Å². The lowest BCUT2D eigenvalue weighted by atomic mass is 9.83. The highest BCUT2D eigenvalue weighted by Gasteiger charge is 2.19. The van der Waals surface area contributed by atoms with Crippen molar-refractivity contribution in [3.05, 3.63) is 170 Å². The third kappa shape index (κ3) is 3.85. The number of hydrogen-bond acceptors (Lipinski definition) is 0. The van der Waals surface area contributed by atoms with E-state index >= 15 is 0 Å². The molecule has 0 saturated carbocycles. The molecule has 0 aliphatic carbocycles. The molecule has 0 radical (unpaired) electrons. The number of fused-ring (bicyclic) bond motifs is 6. The van der Waals surface area contributed by atoms with Crippen molar-refractivity contribution in [3.8, 4) is 33.4 Å². The first kappa shape index (κ1) is 24.8. The van der Waals surface area contributed by atoms with Crippen LogP contribution in [0.4, 0.5) is 0 Å². The van der Waals surface area contributed by atoms with Crippen LogP contribution in [0.2, 0.25) is 0 Å². The maximum absolute atomic E-state index is 2.40. The van der Waals surface area contributed by atoms with Gasteiger partial charge in [-0.25, -0.2) is 0 Å². The molecule has 0 amide bonds. The third-order valence-electron chi connectivity index (χ3n) is 9.21. The minimum absolute atomic E-state index is 1.23. The van der Waals surface area contributed by atoms with Crippen LogP contribution in [-0.4, -0.2) is 0 Å². The molecule has 44 heavy (non-hydrogen) atoms. The van der Waals surface area contributed by atoms with E-state index in [1.807, 2.05) is 0 Å². The lowest BCUT2D eigenvalue weighted by Crippen LogP contribution is -1.92. The third-order valence-corrected chi connectivity index (χ3v) is 9.21. The Morgan fingerprint density at radius 1 is 0.227 bits per heavy atom. The summed E-state index contributed by atoms with van der Waals surface area (Å²) in [7, 11) is 0. The van der Waals surface area contributed by atoms with Crippen LogP contribution in [0.15, 0.2) is 170 Å². The van der Waals surface area contributed by atoms with E-state index in [2.05, 4.69) is 170 Å². The standard InChI is InChI=1S/C44H28/c1-2-12-29(13-3-1)34-26-32-15-5-7-17-36(32)42(28-34)44-39-20-10-8-18-37(39)43(38-19-9-11-21-40(38)44)33-25-24-31-23-22-30-14-4-6-16-35(30)41(31)27-33/h1-28H. The van der Waals surface area contributed by atoms with Crippen LogP contribution in [0.5, 0.6) is 0 Å². The SMILES string of the molecule is c1ccc(-c2cc(-c3c4ccccc4c(-c4ccc5ccc6ccccc6c5c4)c4ccccc34)c3ccccc3c2)cc1. The van der Waals surface area contributed by atoms with Crippen molar-refractivity contribution < 1.29 is 0 Å². The molecule has 9 aromatic rings. The fraction of sp³-hybridized carbons (Fsp3) is 0. The molecule has 204 valence electrons. The molecule has 0 aliphatic heterocycles. The van der Waals surface area contributed by atoms with Gasteiger partial charge in [-0.2, -0.15) is 0 Å². The predicted molar refractivity (Wildman–Crippen MR) is 190 cm³/mol. The van der Waals surface area contributed by atoms with Crippen molar-refractivity contribution in [1.29, 1.82) is 0 Å². The fourth-order valence-electron chi connectivity index (χ4n) is 7.20. The summed E-state index contributed by atoms with van der Waals surface area (Å²) in [4.78, 5) is 0. The van der Waals surface area contributed by atoms with Gasteiger partial charge in [0.25, 0.3) is 0 Å². The van der Waals surface area contributed by atoms with Gasteiger partial charge in [0, 0.05) is 0 Å². The second kappa shape index (κ2) is 9.93. The van der Waals surface area contributed by atoms with Crippen LogP contribution >= 0.6 is 0 Å². The average Bonchev–Trinajstić information content (AvgIpc) is 3.10. The Morgan fingerprint density at radius 2 is 0.727 bits per heavy atom. The zero-order chi connectivity index (χ0) is 29.0. The van der Waals surface area contributed by atoms with Gasteiger partial charge in [-0.3, -0.25) is 0 Å². The molecular weight excluding hydrogens is 528 g/mol. The summed E-state index contributed by atoms with van der Waals surface area (Å²) in [5, 5.41) is 12.7. The van der Waals surface area contributed by atoms with E-state index in [0.29, 0.717) is 0 Å². The van der Waals surface area contributed by atoms with Gasteiger partial charge in [-0.15, -0.1) is 0 Å². The molecule has 0 unspecified atom stereocenters. The molecular formula is C44H28. The quantitative estimate of drug-likeness (QED) is 0.150. The average molecular weight is 557 g/mol. The Balaban J connectivity index is 1.40. The highest BCUT2D eigenvalue weighted by Crippen LogP contribution is 2.46. The van der Waals surface area contributed by atoms with E-state index in [9.17, 15) is 0 Å². The van der Waals surface area contributed by atoms with Gasteiger partial charge >= 0.3 is 0 Å². The summed E-state index contributed by atoms with van der Waals surface area (Å²) in [6, 6.07) is 62.4. The Hall–Kier alpha value is -5.72. The van der Waals surface area contributed by atoms with E-state index in [1.54, 1.807) is 0 Å². The molecule has 0 aliphatic rings. The van der Waals surface area contributed by atoms with Gasteiger partial charge in [-0.05, 0) is 105 Å². The lowest BCUT2D eigenvalue weighted by Gasteiger charge is -2.20. The minimum atomic E-state index is 1.23. The summed E-state index contributed by atoms with van der Waals surface area (Å²) in [6.45, 7) is 0. The zero-order valence-electron chi connectivity index (χ0n) is 24.2. The first-order valence-electron chi connectivity index (χ1n) is 15.3. The van der Waals surface area contributed by atoms with Crippen molar-refractivity contribution in [3.63, 3.8) is 0 Å². The van der Waals surface area contributed by atoms with Crippen LogP contribution in [0.1, 0.15) is 0 Å². The Bertz CT molecular complexity index is 2480. The maximum Gasteiger partial charge on any atom is -0.00199 e. The van der Waals surface area contributed by atoms with E-state index in [-0.39, 0.29) is 0 Å². The number of hydrogen-bond donors (Lipinski definition) is 0. The second-order valence-corrected chi connectivity index (χ2v) is 11.7. The zero-order valence-corrected chi connectivity index (χ0v) is 24.2. The van der Waals surface area contributed by atoms with Crippen molar-refractivity contribution in [2.75, 3.05) is 0 Å². The highest BCUT2D eigenvalue weighted by molar-refractivity contribution is 6.24. The molecule has 9 aromatic carbocycles. The summed E-state index contributed by atoms with van der Waals surface area (Å²) in [6.07, 6.45) is 0. The van der Waals surface area contributed by atoms with Gasteiger partial charge < -0.3 is 0 Å². The summed E-state index contributed by atoms with van der Waals surface area (Å²) in [5.74, 6) is 0. The normalized spacial score (nSPS) is 11.6. The molecule has 0 nitrogen and oxygen atoms in total. The molecule has 0 heterocycles. The van der Waals surface area contributed by atoms with Crippen LogP contribution in [0, 0.1) is 0 Å². The van der Waals surface area contributed by atoms with Crippen molar-refractivity contribution in [2.24, 2.45) is 0 Å². The van der Waals surface area contributed by atoms with Crippen molar-refractivity contribution >= 4 is 53.9 Å². The van der Waals surface area contributed by atoms with Crippen molar-refractivity contribution in [1.82, 2.24) is 0 Å². The van der Waals surface area contributed by atoms with Crippen LogP contribution in [-0.2, 0) is 0 Å². The fourth-order valence-corrected chi connectivity index (χ4v) is 7.20. The van der Waals surface area contributed by atoms with Crippen LogP contribution < -0.4 is 0 Å². The first-order valence-corrected chi connectivity index (χ1v) is 15.3. The van der Waals surface area contributed by atoms with Gasteiger partial charge in [0.05, 0.1) is 0 Å². The van der Waals surface area contributed by atoms with Crippen LogP contribution in [0.3, 0.4) is 0 Å². The molecule has 0 bridgehead atoms. The molecule has 0 spiro atoms. The summed E-state index contributed by atoms with van der Waals surface area (Å²) < 4.78 is 0. The van der Waals surface area contributed by atoms with Gasteiger partial charge in [0.15, 0.2) is 0 Å². The van der Waals surface area contributed by atoms with Gasteiger partial charge in [0.1, 0.15) is 0 Å². The highest BCUT2D eigenvalue weighted by atomic mass is 14.2. The van der Waals surface area contributed by atoms with E-state index < -0.39 is 0 Å². The van der Waals surface area contributed by atoms with Gasteiger partial charge in [0.2, 0.25) is 0 Å². The summed E-state index contributed by atoms with van der Waals surface area (Å²) in [5.41, 5.74) is 7.56. The monoisotopic (exact) mass is 556 g/mol. The first-order chi connectivity index (χ1) is 21.8. The van der Waals surface area contributed by atoms with Crippen LogP contribution in [0.25, 0.3) is 87.2 Å². The van der Waals surface area contributed by atoms with Gasteiger partial charge in [-0.1, -0.05) is 152 Å². The van der Waals surface area contributed by atoms with E-state index in [1.165, 1.54) is 87.2 Å². The Kier molecular flexibility index (Phi) is 5.61. The minimum Gasteiger partial charge on any atom is -0.0622 e. The largest absolute Gasteiger partial charge is 0.0622 e. The molecule has 0 saturated heterocycles. The molecule has 0 heteroatoms. The lowest BCUT2D eigenvalue weighted by molar-refractivity contribution is 1.63. The van der Waals surface area contributed by atoms with E-state index in [0.717, 1.165) is 0 Å². The van der Waals surface area contributed by atoms with E-state index in [4.69, 9.17) is 0 Å².